The van der Waals surface area contributed by atoms with Gasteiger partial charge in [-0.05, 0) is 80.1 Å². The molecule has 0 spiro atoms. The van der Waals surface area contributed by atoms with Crippen LogP contribution in [0, 0.1) is 13.8 Å². The van der Waals surface area contributed by atoms with Crippen LogP contribution in [0.1, 0.15) is 41.2 Å². The number of sulfonamides is 1. The maximum Gasteiger partial charge on any atom is 0.243 e. The van der Waals surface area contributed by atoms with E-state index in [4.69, 9.17) is 4.74 Å². The average molecular weight is 559 g/mol. The molecule has 1 aliphatic heterocycles. The summed E-state index contributed by atoms with van der Waals surface area (Å²) < 4.78 is 32.7. The zero-order chi connectivity index (χ0) is 28.7. The molecule has 0 atom stereocenters. The molecule has 2 aromatic carbocycles. The Morgan fingerprint density at radius 3 is 2.31 bits per heavy atom. The molecular formula is C29H42N4O5S. The topological polar surface area (TPSA) is 99.3 Å². The van der Waals surface area contributed by atoms with Gasteiger partial charge in [-0.3, -0.25) is 9.59 Å². The van der Waals surface area contributed by atoms with Crippen molar-refractivity contribution >= 4 is 21.8 Å². The third-order valence-electron chi connectivity index (χ3n) is 7.16. The second kappa shape index (κ2) is 13.4. The monoisotopic (exact) mass is 558 g/mol. The largest absolute Gasteiger partial charge is 0.497 e. The van der Waals surface area contributed by atoms with Crippen LogP contribution in [0.2, 0.25) is 0 Å². The quantitative estimate of drug-likeness (QED) is 0.455. The molecule has 9 nitrogen and oxygen atoms in total. The fourth-order valence-corrected chi connectivity index (χ4v) is 6.52. The predicted octanol–water partition coefficient (Wildman–Crippen LogP) is 2.52. The van der Waals surface area contributed by atoms with E-state index in [9.17, 15) is 18.0 Å². The van der Waals surface area contributed by atoms with Crippen LogP contribution >= 0.6 is 0 Å². The molecule has 0 fully saturated rings. The summed E-state index contributed by atoms with van der Waals surface area (Å²) in [6.45, 7) is 7.91. The molecule has 0 saturated carbocycles. The molecule has 0 unspecified atom stereocenters. The summed E-state index contributed by atoms with van der Waals surface area (Å²) in [7, 11) is 1.10. The average Bonchev–Trinajstić information content (AvgIpc) is 3.07. The van der Waals surface area contributed by atoms with Gasteiger partial charge in [0.25, 0.3) is 0 Å². The molecule has 2 amide bonds. The van der Waals surface area contributed by atoms with E-state index in [0.29, 0.717) is 30.0 Å². The summed E-state index contributed by atoms with van der Waals surface area (Å²) in [5, 5.41) is 2.61. The normalized spacial score (nSPS) is 14.0. The first-order valence-corrected chi connectivity index (χ1v) is 14.9. The van der Waals surface area contributed by atoms with Crippen molar-refractivity contribution in [1.29, 1.82) is 0 Å². The number of likely N-dealkylation sites (N-methyl/N-ethyl adjacent to an activating group) is 2. The molecule has 1 N–H and O–H groups in total. The molecule has 0 aliphatic carbocycles. The Hall–Kier alpha value is -2.95. The van der Waals surface area contributed by atoms with Crippen LogP contribution in [-0.4, -0.2) is 88.3 Å². The fourth-order valence-electron chi connectivity index (χ4n) is 4.99. The number of amides is 2. The first kappa shape index (κ1) is 30.6. The van der Waals surface area contributed by atoms with E-state index < -0.39 is 22.5 Å². The number of fused-ring (bicyclic) bond motifs is 1. The van der Waals surface area contributed by atoms with Crippen molar-refractivity contribution in [3.8, 4) is 5.75 Å². The summed E-state index contributed by atoms with van der Waals surface area (Å²) in [5.41, 5.74) is 4.84. The molecule has 214 valence electrons. The highest BCUT2D eigenvalue weighted by Gasteiger charge is 2.27. The van der Waals surface area contributed by atoms with Crippen LogP contribution in [0.5, 0.6) is 5.75 Å². The van der Waals surface area contributed by atoms with Crippen molar-refractivity contribution in [2.75, 3.05) is 53.9 Å². The summed E-state index contributed by atoms with van der Waals surface area (Å²) >= 11 is 0. The van der Waals surface area contributed by atoms with E-state index in [1.807, 2.05) is 6.92 Å². The Kier molecular flexibility index (Phi) is 10.5. The number of aryl methyl sites for hydroxylation is 2. The number of carbonyl (C=O) groups excluding carboxylic acids is 2. The van der Waals surface area contributed by atoms with Gasteiger partial charge in [0.15, 0.2) is 0 Å². The van der Waals surface area contributed by atoms with Crippen molar-refractivity contribution < 1.29 is 22.7 Å². The number of hydrogen-bond acceptors (Lipinski definition) is 6. The Balaban J connectivity index is 1.61. The number of rotatable bonds is 11. The Labute approximate surface area is 233 Å². The van der Waals surface area contributed by atoms with Gasteiger partial charge in [-0.1, -0.05) is 25.1 Å². The maximum absolute atomic E-state index is 13.2. The molecule has 0 saturated heterocycles. The number of carbonyl (C=O) groups is 2. The van der Waals surface area contributed by atoms with Crippen molar-refractivity contribution in [2.24, 2.45) is 0 Å². The minimum atomic E-state index is -3.92. The van der Waals surface area contributed by atoms with E-state index >= 15 is 0 Å². The number of methoxy groups -OCH3 is 1. The number of ether oxygens (including phenoxy) is 1. The number of hydrogen-bond donors (Lipinski definition) is 1. The highest BCUT2D eigenvalue weighted by atomic mass is 32.2. The zero-order valence-corrected chi connectivity index (χ0v) is 24.9. The zero-order valence-electron chi connectivity index (χ0n) is 24.0. The Morgan fingerprint density at radius 1 is 1.05 bits per heavy atom. The molecule has 0 aromatic heterocycles. The Morgan fingerprint density at radius 2 is 1.69 bits per heavy atom. The van der Waals surface area contributed by atoms with Crippen molar-refractivity contribution in [3.63, 3.8) is 0 Å². The van der Waals surface area contributed by atoms with Gasteiger partial charge in [0.2, 0.25) is 21.8 Å². The van der Waals surface area contributed by atoms with Gasteiger partial charge < -0.3 is 19.9 Å². The van der Waals surface area contributed by atoms with Crippen molar-refractivity contribution in [1.82, 2.24) is 19.4 Å². The number of nitrogens with one attached hydrogen (secondary N) is 1. The van der Waals surface area contributed by atoms with Gasteiger partial charge in [-0.2, -0.15) is 4.31 Å². The number of nitrogens with zero attached hydrogens (tertiary/aromatic N) is 3. The van der Waals surface area contributed by atoms with Gasteiger partial charge in [0, 0.05) is 33.2 Å². The van der Waals surface area contributed by atoms with Crippen molar-refractivity contribution in [2.45, 2.75) is 51.5 Å². The third kappa shape index (κ3) is 7.80. The lowest BCUT2D eigenvalue weighted by Gasteiger charge is -2.24. The third-order valence-corrected chi connectivity index (χ3v) is 9.27. The van der Waals surface area contributed by atoms with E-state index in [-0.39, 0.29) is 17.3 Å². The molecule has 1 heterocycles. The molecule has 10 heteroatoms. The molecule has 0 radical (unpaired) electrons. The molecule has 0 bridgehead atoms. The molecule has 1 aliphatic rings. The second-order valence-electron chi connectivity index (χ2n) is 10.3. The minimum absolute atomic E-state index is 0.149. The van der Waals surface area contributed by atoms with E-state index in [2.05, 4.69) is 35.5 Å². The summed E-state index contributed by atoms with van der Waals surface area (Å²) in [5.74, 6) is -0.172. The lowest BCUT2D eigenvalue weighted by Crippen LogP contribution is -2.44. The fraction of sp³-hybridized carbons (Fsp3) is 0.517. The second-order valence-corrected chi connectivity index (χ2v) is 12.3. The lowest BCUT2D eigenvalue weighted by atomic mass is 10.00. The first-order valence-electron chi connectivity index (χ1n) is 13.4. The van der Waals surface area contributed by atoms with Crippen LogP contribution in [-0.2, 0) is 39.0 Å². The standard InChI is InChI=1S/C29H42N4O5S/c1-7-12-33(19-23-8-9-24-10-13-31(4)14-11-25(24)17-23)28(35)18-30-27(34)20-32(5)39(36,37)29-21(2)15-26(38-6)16-22(29)3/h8-9,15-17H,7,10-14,18-20H2,1-6H3,(H,30,34). The van der Waals surface area contributed by atoms with Crippen LogP contribution in [0.15, 0.2) is 35.2 Å². The van der Waals surface area contributed by atoms with Crippen molar-refractivity contribution in [3.05, 3.63) is 58.1 Å². The van der Waals surface area contributed by atoms with E-state index in [1.165, 1.54) is 25.3 Å². The smallest absolute Gasteiger partial charge is 0.243 e. The summed E-state index contributed by atoms with van der Waals surface area (Å²) in [4.78, 5) is 29.9. The molecule has 39 heavy (non-hydrogen) atoms. The van der Waals surface area contributed by atoms with Gasteiger partial charge in [0.1, 0.15) is 5.75 Å². The first-order chi connectivity index (χ1) is 18.5. The van der Waals surface area contributed by atoms with Gasteiger partial charge in [-0.25, -0.2) is 8.42 Å². The van der Waals surface area contributed by atoms with Crippen LogP contribution in [0.3, 0.4) is 0 Å². The summed E-state index contributed by atoms with van der Waals surface area (Å²) in [6.07, 6.45) is 2.80. The molecule has 2 aromatic rings. The predicted molar refractivity (Wildman–Crippen MR) is 152 cm³/mol. The van der Waals surface area contributed by atoms with Crippen LogP contribution in [0.25, 0.3) is 0 Å². The van der Waals surface area contributed by atoms with E-state index in [0.717, 1.165) is 42.2 Å². The van der Waals surface area contributed by atoms with Gasteiger partial charge in [-0.15, -0.1) is 0 Å². The number of benzene rings is 2. The van der Waals surface area contributed by atoms with Gasteiger partial charge >= 0.3 is 0 Å². The highest BCUT2D eigenvalue weighted by Crippen LogP contribution is 2.27. The lowest BCUT2D eigenvalue weighted by molar-refractivity contribution is -0.133. The molecular weight excluding hydrogens is 516 g/mol. The van der Waals surface area contributed by atoms with Crippen LogP contribution in [0.4, 0.5) is 0 Å². The van der Waals surface area contributed by atoms with Crippen LogP contribution < -0.4 is 10.1 Å². The van der Waals surface area contributed by atoms with E-state index in [1.54, 1.807) is 30.9 Å². The SMILES string of the molecule is CCCN(Cc1ccc2c(c1)CCN(C)CC2)C(=O)CNC(=O)CN(C)S(=O)(=O)c1c(C)cc(OC)cc1C. The maximum atomic E-state index is 13.2. The Bertz CT molecular complexity index is 1270. The van der Waals surface area contributed by atoms with Gasteiger partial charge in [0.05, 0.1) is 25.1 Å². The highest BCUT2D eigenvalue weighted by molar-refractivity contribution is 7.89. The minimum Gasteiger partial charge on any atom is -0.497 e. The summed E-state index contributed by atoms with van der Waals surface area (Å²) in [6, 6.07) is 9.75. The molecule has 3 rings (SSSR count).